The highest BCUT2D eigenvalue weighted by molar-refractivity contribution is 5.27. The lowest BCUT2D eigenvalue weighted by Crippen LogP contribution is -2.23. The van der Waals surface area contributed by atoms with Gasteiger partial charge in [-0.25, -0.2) is 0 Å². The second-order valence-corrected chi connectivity index (χ2v) is 5.54. The molecule has 0 amide bonds. The van der Waals surface area contributed by atoms with E-state index in [2.05, 4.69) is 41.2 Å². The summed E-state index contributed by atoms with van der Waals surface area (Å²) in [5.41, 5.74) is 0.349. The summed E-state index contributed by atoms with van der Waals surface area (Å²) in [7, 11) is 0. The number of nitrogens with zero attached hydrogens (tertiary/aromatic N) is 3. The lowest BCUT2D eigenvalue weighted by Gasteiger charge is -2.17. The molecule has 17 heavy (non-hydrogen) atoms. The zero-order chi connectivity index (χ0) is 12.5. The first-order valence-electron chi connectivity index (χ1n) is 6.33. The van der Waals surface area contributed by atoms with Crippen LogP contribution in [0.4, 0.5) is 6.01 Å². The van der Waals surface area contributed by atoms with Gasteiger partial charge < -0.3 is 14.6 Å². The van der Waals surface area contributed by atoms with E-state index < -0.39 is 0 Å². The standard InChI is InChI=1S/C12H22N4O/c1-5-13-9(2)10-14-15-11(17-10)16-7-6-12(3,4)8-16/h9,13H,5-8H2,1-4H3. The molecule has 1 fully saturated rings. The van der Waals surface area contributed by atoms with E-state index in [1.165, 1.54) is 6.42 Å². The molecule has 0 saturated carbocycles. The molecule has 0 radical (unpaired) electrons. The van der Waals surface area contributed by atoms with Crippen LogP contribution in [0.25, 0.3) is 0 Å². The molecule has 1 atom stereocenters. The zero-order valence-corrected chi connectivity index (χ0v) is 11.2. The van der Waals surface area contributed by atoms with Crippen molar-refractivity contribution in [3.05, 3.63) is 5.89 Å². The quantitative estimate of drug-likeness (QED) is 0.869. The van der Waals surface area contributed by atoms with Gasteiger partial charge in [0.05, 0.1) is 6.04 Å². The van der Waals surface area contributed by atoms with Crippen LogP contribution < -0.4 is 10.2 Å². The van der Waals surface area contributed by atoms with E-state index in [1.54, 1.807) is 0 Å². The fraction of sp³-hybridized carbons (Fsp3) is 0.833. The predicted molar refractivity (Wildman–Crippen MR) is 67.0 cm³/mol. The Hall–Kier alpha value is -1.10. The van der Waals surface area contributed by atoms with Crippen LogP contribution >= 0.6 is 0 Å². The second kappa shape index (κ2) is 4.64. The van der Waals surface area contributed by atoms with Gasteiger partial charge in [-0.2, -0.15) is 0 Å². The topological polar surface area (TPSA) is 54.2 Å². The SMILES string of the molecule is CCNC(C)c1nnc(N2CCC(C)(C)C2)o1. The van der Waals surface area contributed by atoms with E-state index >= 15 is 0 Å². The highest BCUT2D eigenvalue weighted by atomic mass is 16.4. The average Bonchev–Trinajstić information content (AvgIpc) is 2.84. The van der Waals surface area contributed by atoms with Gasteiger partial charge in [-0.3, -0.25) is 0 Å². The van der Waals surface area contributed by atoms with Crippen molar-refractivity contribution in [2.75, 3.05) is 24.5 Å². The first-order chi connectivity index (χ1) is 8.02. The summed E-state index contributed by atoms with van der Waals surface area (Å²) in [5, 5.41) is 11.5. The molecule has 0 aromatic carbocycles. The summed E-state index contributed by atoms with van der Waals surface area (Å²) >= 11 is 0. The third-order valence-corrected chi connectivity index (χ3v) is 3.26. The normalized spacial score (nSPS) is 20.8. The monoisotopic (exact) mass is 238 g/mol. The maximum absolute atomic E-state index is 5.72. The molecule has 1 N–H and O–H groups in total. The van der Waals surface area contributed by atoms with Gasteiger partial charge in [0.1, 0.15) is 0 Å². The molecule has 0 spiro atoms. The Morgan fingerprint density at radius 2 is 2.24 bits per heavy atom. The number of hydrogen-bond donors (Lipinski definition) is 1. The third-order valence-electron chi connectivity index (χ3n) is 3.26. The lowest BCUT2D eigenvalue weighted by atomic mass is 9.93. The summed E-state index contributed by atoms with van der Waals surface area (Å²) < 4.78 is 5.72. The van der Waals surface area contributed by atoms with E-state index in [0.29, 0.717) is 17.3 Å². The molecule has 2 heterocycles. The van der Waals surface area contributed by atoms with Crippen molar-refractivity contribution in [3.8, 4) is 0 Å². The molecule has 5 nitrogen and oxygen atoms in total. The molecule has 1 aromatic rings. The van der Waals surface area contributed by atoms with Gasteiger partial charge in [0.2, 0.25) is 5.89 Å². The molecule has 2 rings (SSSR count). The van der Waals surface area contributed by atoms with Crippen molar-refractivity contribution in [3.63, 3.8) is 0 Å². The Labute approximate surface area is 103 Å². The van der Waals surface area contributed by atoms with Gasteiger partial charge in [-0.15, -0.1) is 5.10 Å². The largest absolute Gasteiger partial charge is 0.406 e. The molecular weight excluding hydrogens is 216 g/mol. The van der Waals surface area contributed by atoms with Crippen molar-refractivity contribution in [2.24, 2.45) is 5.41 Å². The van der Waals surface area contributed by atoms with Crippen molar-refractivity contribution in [1.29, 1.82) is 0 Å². The maximum atomic E-state index is 5.72. The number of nitrogens with one attached hydrogen (secondary N) is 1. The first kappa shape index (κ1) is 12.4. The van der Waals surface area contributed by atoms with E-state index in [-0.39, 0.29) is 6.04 Å². The van der Waals surface area contributed by atoms with Gasteiger partial charge in [-0.1, -0.05) is 25.9 Å². The smallest absolute Gasteiger partial charge is 0.318 e. The van der Waals surface area contributed by atoms with Gasteiger partial charge >= 0.3 is 6.01 Å². The Morgan fingerprint density at radius 3 is 2.82 bits per heavy atom. The Balaban J connectivity index is 2.04. The van der Waals surface area contributed by atoms with Crippen LogP contribution in [0.3, 0.4) is 0 Å². The summed E-state index contributed by atoms with van der Waals surface area (Å²) in [5.74, 6) is 0.673. The predicted octanol–water partition coefficient (Wildman–Crippen LogP) is 1.98. The fourth-order valence-corrected chi connectivity index (χ4v) is 2.20. The van der Waals surface area contributed by atoms with Crippen LogP contribution in [-0.2, 0) is 0 Å². The molecule has 1 aromatic heterocycles. The molecule has 1 aliphatic rings. The molecule has 5 heteroatoms. The van der Waals surface area contributed by atoms with Crippen LogP contribution in [0.1, 0.15) is 46.0 Å². The van der Waals surface area contributed by atoms with Crippen LogP contribution in [0.2, 0.25) is 0 Å². The highest BCUT2D eigenvalue weighted by Gasteiger charge is 2.32. The van der Waals surface area contributed by atoms with Crippen molar-refractivity contribution < 1.29 is 4.42 Å². The van der Waals surface area contributed by atoms with Crippen molar-refractivity contribution in [1.82, 2.24) is 15.5 Å². The van der Waals surface area contributed by atoms with E-state index in [4.69, 9.17) is 4.42 Å². The summed E-state index contributed by atoms with van der Waals surface area (Å²) in [4.78, 5) is 2.18. The molecule has 1 saturated heterocycles. The number of hydrogen-bond acceptors (Lipinski definition) is 5. The minimum atomic E-state index is 0.122. The molecule has 0 aliphatic carbocycles. The van der Waals surface area contributed by atoms with Crippen molar-refractivity contribution in [2.45, 2.75) is 40.2 Å². The van der Waals surface area contributed by atoms with Gasteiger partial charge in [0.15, 0.2) is 0 Å². The van der Waals surface area contributed by atoms with E-state index in [9.17, 15) is 0 Å². The molecule has 96 valence electrons. The maximum Gasteiger partial charge on any atom is 0.318 e. The Bertz CT molecular complexity index is 374. The minimum Gasteiger partial charge on any atom is -0.406 e. The second-order valence-electron chi connectivity index (χ2n) is 5.54. The lowest BCUT2D eigenvalue weighted by molar-refractivity contribution is 0.404. The summed E-state index contributed by atoms with van der Waals surface area (Å²) in [6.45, 7) is 11.5. The van der Waals surface area contributed by atoms with Gasteiger partial charge in [0, 0.05) is 13.1 Å². The zero-order valence-electron chi connectivity index (χ0n) is 11.2. The molecule has 1 unspecified atom stereocenters. The van der Waals surface area contributed by atoms with E-state index in [0.717, 1.165) is 19.6 Å². The third kappa shape index (κ3) is 2.77. The van der Waals surface area contributed by atoms with Gasteiger partial charge in [0.25, 0.3) is 0 Å². The van der Waals surface area contributed by atoms with Crippen LogP contribution in [-0.4, -0.2) is 29.8 Å². The van der Waals surface area contributed by atoms with Crippen LogP contribution in [0.15, 0.2) is 4.42 Å². The first-order valence-corrected chi connectivity index (χ1v) is 6.33. The summed E-state index contributed by atoms with van der Waals surface area (Å²) in [6.07, 6.45) is 1.17. The minimum absolute atomic E-state index is 0.122. The van der Waals surface area contributed by atoms with Gasteiger partial charge in [-0.05, 0) is 25.3 Å². The van der Waals surface area contributed by atoms with Crippen molar-refractivity contribution >= 4 is 6.01 Å². The van der Waals surface area contributed by atoms with Crippen LogP contribution in [0.5, 0.6) is 0 Å². The average molecular weight is 238 g/mol. The number of anilines is 1. The van der Waals surface area contributed by atoms with E-state index in [1.807, 2.05) is 6.92 Å². The molecule has 1 aliphatic heterocycles. The number of rotatable bonds is 4. The fourth-order valence-electron chi connectivity index (χ4n) is 2.20. The Kier molecular flexibility index (Phi) is 3.38. The summed E-state index contributed by atoms with van der Waals surface area (Å²) in [6, 6.07) is 0.784. The highest BCUT2D eigenvalue weighted by Crippen LogP contribution is 2.32. The molecular formula is C12H22N4O. The molecule has 0 bridgehead atoms. The number of aromatic nitrogens is 2. The van der Waals surface area contributed by atoms with Crippen LogP contribution in [0, 0.1) is 5.41 Å². The Morgan fingerprint density at radius 1 is 1.47 bits per heavy atom.